The van der Waals surface area contributed by atoms with Gasteiger partial charge in [-0.15, -0.1) is 0 Å². The summed E-state index contributed by atoms with van der Waals surface area (Å²) in [7, 11) is 0. The van der Waals surface area contributed by atoms with E-state index in [1.807, 2.05) is 24.3 Å². The highest BCUT2D eigenvalue weighted by atomic mass is 16.4. The van der Waals surface area contributed by atoms with E-state index in [4.69, 9.17) is 10.7 Å². The quantitative estimate of drug-likeness (QED) is 0.461. The van der Waals surface area contributed by atoms with Gasteiger partial charge in [0.1, 0.15) is 11.3 Å². The summed E-state index contributed by atoms with van der Waals surface area (Å²) in [5, 5.41) is 17.5. The van der Waals surface area contributed by atoms with Gasteiger partial charge in [0.2, 0.25) is 0 Å². The van der Waals surface area contributed by atoms with Crippen molar-refractivity contribution in [2.24, 2.45) is 0 Å². The zero-order chi connectivity index (χ0) is 21.7. The number of piperidine rings is 1. The summed E-state index contributed by atoms with van der Waals surface area (Å²) in [6, 6.07) is 8.11. The largest absolute Gasteiger partial charge is 0.465 e. The first-order valence-electron chi connectivity index (χ1n) is 10.5. The molecule has 0 radical (unpaired) electrons. The van der Waals surface area contributed by atoms with Crippen LogP contribution in [0.3, 0.4) is 0 Å². The normalized spacial score (nSPS) is 17.1. The number of pyridine rings is 1. The van der Waals surface area contributed by atoms with Gasteiger partial charge in [-0.25, -0.2) is 14.8 Å². The average molecular weight is 419 g/mol. The van der Waals surface area contributed by atoms with Crippen molar-refractivity contribution in [1.82, 2.24) is 29.6 Å². The Kier molecular flexibility index (Phi) is 4.53. The molecule has 9 nitrogen and oxygen atoms in total. The van der Waals surface area contributed by atoms with Crippen molar-refractivity contribution in [2.75, 3.05) is 18.8 Å². The van der Waals surface area contributed by atoms with E-state index < -0.39 is 6.09 Å². The molecule has 1 saturated heterocycles. The number of anilines is 1. The SMILES string of the molecule is CC(C)n1c(C2CCCN(C(=O)O)C2)nc2c(N)nc3cc(-c4cc[nH]n4)ccc3c21. The molecule has 4 heterocycles. The maximum atomic E-state index is 11.5. The van der Waals surface area contributed by atoms with Gasteiger partial charge in [-0.3, -0.25) is 5.10 Å². The van der Waals surface area contributed by atoms with Crippen molar-refractivity contribution >= 4 is 33.8 Å². The monoisotopic (exact) mass is 419 g/mol. The van der Waals surface area contributed by atoms with Gasteiger partial charge in [-0.2, -0.15) is 5.10 Å². The van der Waals surface area contributed by atoms with E-state index in [2.05, 4.69) is 33.6 Å². The average Bonchev–Trinajstić information content (AvgIpc) is 3.42. The number of benzene rings is 1. The molecule has 0 saturated carbocycles. The number of fused-ring (bicyclic) bond motifs is 3. The lowest BCUT2D eigenvalue weighted by Crippen LogP contribution is -2.38. The summed E-state index contributed by atoms with van der Waals surface area (Å²) in [5.41, 5.74) is 10.6. The topological polar surface area (TPSA) is 126 Å². The molecule has 0 bridgehead atoms. The van der Waals surface area contributed by atoms with Crippen LogP contribution in [0.25, 0.3) is 33.2 Å². The Bertz CT molecular complexity index is 1280. The number of hydrogen-bond acceptors (Lipinski definition) is 5. The zero-order valence-corrected chi connectivity index (χ0v) is 17.5. The second kappa shape index (κ2) is 7.26. The van der Waals surface area contributed by atoms with Crippen LogP contribution in [0.15, 0.2) is 30.5 Å². The summed E-state index contributed by atoms with van der Waals surface area (Å²) in [5.74, 6) is 1.29. The summed E-state index contributed by atoms with van der Waals surface area (Å²) in [4.78, 5) is 22.6. The number of aromatic amines is 1. The number of aromatic nitrogens is 5. The van der Waals surface area contributed by atoms with E-state index in [0.29, 0.717) is 24.4 Å². The summed E-state index contributed by atoms with van der Waals surface area (Å²) >= 11 is 0. The van der Waals surface area contributed by atoms with E-state index in [9.17, 15) is 9.90 Å². The van der Waals surface area contributed by atoms with E-state index in [1.54, 1.807) is 6.20 Å². The number of likely N-dealkylation sites (tertiary alicyclic amines) is 1. The first-order chi connectivity index (χ1) is 14.9. The fraction of sp³-hybridized carbons (Fsp3) is 0.364. The third kappa shape index (κ3) is 3.17. The minimum absolute atomic E-state index is 0.0254. The van der Waals surface area contributed by atoms with E-state index >= 15 is 0 Å². The Balaban J connectivity index is 1.71. The Morgan fingerprint density at radius 1 is 1.29 bits per heavy atom. The van der Waals surface area contributed by atoms with Crippen LogP contribution in [0.1, 0.15) is 44.5 Å². The highest BCUT2D eigenvalue weighted by molar-refractivity contribution is 6.07. The molecule has 0 aliphatic carbocycles. The number of carbonyl (C=O) groups is 1. The second-order valence-corrected chi connectivity index (χ2v) is 8.39. The molecule has 4 aromatic rings. The number of nitrogens with two attached hydrogens (primary N) is 1. The fourth-order valence-electron chi connectivity index (χ4n) is 4.65. The molecule has 3 aromatic heterocycles. The molecular formula is C22H25N7O2. The number of nitrogens with one attached hydrogen (secondary N) is 1. The smallest absolute Gasteiger partial charge is 0.407 e. The molecule has 1 aliphatic heterocycles. The van der Waals surface area contributed by atoms with Crippen LogP contribution in [-0.4, -0.2) is 53.9 Å². The fourth-order valence-corrected chi connectivity index (χ4v) is 4.65. The summed E-state index contributed by atoms with van der Waals surface area (Å²) < 4.78 is 2.21. The number of hydrogen-bond donors (Lipinski definition) is 3. The molecule has 1 fully saturated rings. The van der Waals surface area contributed by atoms with Crippen molar-refractivity contribution in [3.8, 4) is 11.3 Å². The Labute approximate surface area is 178 Å². The predicted molar refractivity (Wildman–Crippen MR) is 119 cm³/mol. The van der Waals surface area contributed by atoms with Gasteiger partial charge in [0, 0.05) is 42.2 Å². The molecule has 4 N–H and O–H groups in total. The minimum atomic E-state index is -0.880. The highest BCUT2D eigenvalue weighted by Gasteiger charge is 2.30. The Morgan fingerprint density at radius 2 is 2.13 bits per heavy atom. The lowest BCUT2D eigenvalue weighted by Gasteiger charge is -2.31. The first kappa shape index (κ1) is 19.3. The first-order valence-corrected chi connectivity index (χ1v) is 10.5. The van der Waals surface area contributed by atoms with E-state index in [0.717, 1.165) is 46.3 Å². The number of rotatable bonds is 3. The van der Waals surface area contributed by atoms with Crippen molar-refractivity contribution in [3.63, 3.8) is 0 Å². The van der Waals surface area contributed by atoms with Crippen LogP contribution in [0.4, 0.5) is 10.6 Å². The van der Waals surface area contributed by atoms with Crippen LogP contribution in [0.2, 0.25) is 0 Å². The number of nitrogen functional groups attached to an aromatic ring is 1. The van der Waals surface area contributed by atoms with Gasteiger partial charge < -0.3 is 20.3 Å². The maximum Gasteiger partial charge on any atom is 0.407 e. The minimum Gasteiger partial charge on any atom is -0.465 e. The molecule has 1 aromatic carbocycles. The van der Waals surface area contributed by atoms with Crippen molar-refractivity contribution in [3.05, 3.63) is 36.3 Å². The molecule has 1 amide bonds. The zero-order valence-electron chi connectivity index (χ0n) is 17.5. The molecule has 1 aliphatic rings. The van der Waals surface area contributed by atoms with Crippen LogP contribution in [-0.2, 0) is 0 Å². The molecular weight excluding hydrogens is 394 g/mol. The number of amides is 1. The van der Waals surface area contributed by atoms with Gasteiger partial charge >= 0.3 is 6.09 Å². The summed E-state index contributed by atoms with van der Waals surface area (Å²) in [6.07, 6.45) is 2.62. The third-order valence-corrected chi connectivity index (χ3v) is 6.04. The van der Waals surface area contributed by atoms with Crippen molar-refractivity contribution in [2.45, 2.75) is 38.6 Å². The molecule has 5 rings (SSSR count). The van der Waals surface area contributed by atoms with Crippen LogP contribution in [0.5, 0.6) is 0 Å². The van der Waals surface area contributed by atoms with Gasteiger partial charge in [0.05, 0.1) is 16.7 Å². The van der Waals surface area contributed by atoms with E-state index in [-0.39, 0.29) is 12.0 Å². The number of carboxylic acid groups (broad SMARTS) is 1. The van der Waals surface area contributed by atoms with Crippen LogP contribution >= 0.6 is 0 Å². The standard InChI is InChI=1S/C22H25N7O2/c1-12(2)29-19-15-6-5-13(16-7-8-24-27-16)10-17(15)25-20(23)18(19)26-21(29)14-4-3-9-28(11-14)22(30)31/h5-8,10,12,14H,3-4,9,11H2,1-2H3,(H2,23,25)(H,24,27)(H,30,31). The van der Waals surface area contributed by atoms with Crippen molar-refractivity contribution < 1.29 is 9.90 Å². The molecule has 1 unspecified atom stereocenters. The maximum absolute atomic E-state index is 11.5. The molecule has 9 heteroatoms. The van der Waals surface area contributed by atoms with Crippen molar-refractivity contribution in [1.29, 1.82) is 0 Å². The Morgan fingerprint density at radius 3 is 2.84 bits per heavy atom. The number of nitrogens with zero attached hydrogens (tertiary/aromatic N) is 5. The van der Waals surface area contributed by atoms with E-state index in [1.165, 1.54) is 4.90 Å². The predicted octanol–water partition coefficient (Wildman–Crippen LogP) is 4.00. The number of imidazole rings is 1. The van der Waals surface area contributed by atoms with Gasteiger partial charge in [0.15, 0.2) is 5.82 Å². The van der Waals surface area contributed by atoms with Gasteiger partial charge in [0.25, 0.3) is 0 Å². The Hall–Kier alpha value is -3.62. The lowest BCUT2D eigenvalue weighted by molar-refractivity contribution is 0.129. The highest BCUT2D eigenvalue weighted by Crippen LogP contribution is 2.37. The van der Waals surface area contributed by atoms with Crippen LogP contribution < -0.4 is 5.73 Å². The molecule has 0 spiro atoms. The van der Waals surface area contributed by atoms with Gasteiger partial charge in [-0.05, 0) is 44.9 Å². The molecule has 1 atom stereocenters. The van der Waals surface area contributed by atoms with Crippen LogP contribution in [0, 0.1) is 0 Å². The molecule has 31 heavy (non-hydrogen) atoms. The second-order valence-electron chi connectivity index (χ2n) is 8.39. The summed E-state index contributed by atoms with van der Waals surface area (Å²) in [6.45, 7) is 5.24. The lowest BCUT2D eigenvalue weighted by atomic mass is 9.97. The number of H-pyrrole nitrogens is 1. The third-order valence-electron chi connectivity index (χ3n) is 6.04. The van der Waals surface area contributed by atoms with Gasteiger partial charge in [-0.1, -0.05) is 6.07 Å². The molecule has 160 valence electrons.